The molecule has 136 valence electrons. The average Bonchev–Trinajstić information content (AvgIpc) is 3.05. The van der Waals surface area contributed by atoms with E-state index in [1.165, 1.54) is 16.8 Å². The van der Waals surface area contributed by atoms with Gasteiger partial charge in [0.1, 0.15) is 10.6 Å². The van der Waals surface area contributed by atoms with Crippen LogP contribution in [0, 0.1) is 0 Å². The Labute approximate surface area is 147 Å². The third-order valence-corrected chi connectivity index (χ3v) is 5.33. The molecule has 0 fully saturated rings. The molecule has 7 nitrogen and oxygen atoms in total. The molecule has 0 saturated carbocycles. The van der Waals surface area contributed by atoms with Gasteiger partial charge in [0.15, 0.2) is 0 Å². The molecule has 0 atom stereocenters. The highest BCUT2D eigenvalue weighted by Gasteiger charge is 2.20. The number of sulfonamides is 1. The van der Waals surface area contributed by atoms with E-state index in [2.05, 4.69) is 4.72 Å². The molecule has 0 aliphatic carbocycles. The molecule has 2 rings (SSSR count). The number of aryl methyl sites for hydroxylation is 1. The first kappa shape index (κ1) is 19.0. The largest absolute Gasteiger partial charge is 0.477 e. The highest BCUT2D eigenvalue weighted by molar-refractivity contribution is 7.89. The third-order valence-electron chi connectivity index (χ3n) is 3.90. The fraction of sp³-hybridized carbons (Fsp3) is 0.353. The van der Waals surface area contributed by atoms with Crippen molar-refractivity contribution in [3.05, 3.63) is 48.3 Å². The van der Waals surface area contributed by atoms with E-state index < -0.39 is 16.0 Å². The van der Waals surface area contributed by atoms with E-state index in [0.29, 0.717) is 19.5 Å². The van der Waals surface area contributed by atoms with Crippen molar-refractivity contribution < 1.29 is 18.3 Å². The number of benzene rings is 1. The Morgan fingerprint density at radius 1 is 1.28 bits per heavy atom. The van der Waals surface area contributed by atoms with Gasteiger partial charge in [0.2, 0.25) is 10.0 Å². The summed E-state index contributed by atoms with van der Waals surface area (Å²) in [6.07, 6.45) is 1.98. The molecule has 0 aliphatic heterocycles. The maximum atomic E-state index is 12.3. The van der Waals surface area contributed by atoms with E-state index in [0.717, 1.165) is 5.69 Å². The molecule has 8 heteroatoms. The summed E-state index contributed by atoms with van der Waals surface area (Å²) in [5.74, 6) is -1.15. The van der Waals surface area contributed by atoms with Gasteiger partial charge >= 0.3 is 5.97 Å². The van der Waals surface area contributed by atoms with E-state index in [4.69, 9.17) is 5.11 Å². The molecule has 1 aromatic carbocycles. The number of para-hydroxylation sites is 1. The van der Waals surface area contributed by atoms with Crippen molar-refractivity contribution >= 4 is 21.7 Å². The van der Waals surface area contributed by atoms with Gasteiger partial charge in [-0.1, -0.05) is 18.2 Å². The summed E-state index contributed by atoms with van der Waals surface area (Å²) in [6, 6.07) is 11.0. The van der Waals surface area contributed by atoms with Crippen LogP contribution in [-0.2, 0) is 16.6 Å². The summed E-state index contributed by atoms with van der Waals surface area (Å²) >= 11 is 0. The van der Waals surface area contributed by atoms with Crippen LogP contribution in [0.3, 0.4) is 0 Å². The van der Waals surface area contributed by atoms with Crippen molar-refractivity contribution in [1.29, 1.82) is 0 Å². The van der Waals surface area contributed by atoms with Gasteiger partial charge in [0.25, 0.3) is 0 Å². The van der Waals surface area contributed by atoms with Crippen molar-refractivity contribution in [1.82, 2.24) is 9.29 Å². The Kier molecular flexibility index (Phi) is 6.22. The molecule has 2 N–H and O–H groups in total. The molecule has 0 aliphatic rings. The summed E-state index contributed by atoms with van der Waals surface area (Å²) in [6.45, 7) is 3.12. The van der Waals surface area contributed by atoms with Crippen LogP contribution in [0.2, 0.25) is 0 Å². The number of aromatic nitrogens is 1. The van der Waals surface area contributed by atoms with Gasteiger partial charge in [-0.3, -0.25) is 0 Å². The minimum Gasteiger partial charge on any atom is -0.477 e. The van der Waals surface area contributed by atoms with E-state index in [1.54, 1.807) is 6.92 Å². The molecule has 1 aromatic heterocycles. The average molecular weight is 365 g/mol. The predicted molar refractivity (Wildman–Crippen MR) is 96.6 cm³/mol. The minimum absolute atomic E-state index is 0.0248. The van der Waals surface area contributed by atoms with Gasteiger partial charge in [0, 0.05) is 38.6 Å². The summed E-state index contributed by atoms with van der Waals surface area (Å²) in [5.41, 5.74) is 1.03. The van der Waals surface area contributed by atoms with Crippen molar-refractivity contribution in [2.24, 2.45) is 0 Å². The lowest BCUT2D eigenvalue weighted by Crippen LogP contribution is -2.28. The molecule has 1 heterocycles. The SMILES string of the molecule is CCn1cc(S(=O)(=O)NCCCN(C)c2ccccc2)cc1C(=O)O. The second-order valence-electron chi connectivity index (χ2n) is 5.66. The lowest BCUT2D eigenvalue weighted by atomic mass is 10.3. The van der Waals surface area contributed by atoms with Crippen LogP contribution in [0.15, 0.2) is 47.5 Å². The van der Waals surface area contributed by atoms with Crippen LogP contribution in [0.4, 0.5) is 5.69 Å². The van der Waals surface area contributed by atoms with Crippen LogP contribution in [0.25, 0.3) is 0 Å². The highest BCUT2D eigenvalue weighted by atomic mass is 32.2. The van der Waals surface area contributed by atoms with E-state index >= 15 is 0 Å². The van der Waals surface area contributed by atoms with Crippen molar-refractivity contribution in [2.75, 3.05) is 25.0 Å². The molecule has 0 amide bonds. The Balaban J connectivity index is 1.92. The Morgan fingerprint density at radius 3 is 2.52 bits per heavy atom. The molecular formula is C17H23N3O4S. The zero-order valence-corrected chi connectivity index (χ0v) is 15.2. The number of nitrogens with one attached hydrogen (secondary N) is 1. The minimum atomic E-state index is -3.72. The predicted octanol–water partition coefficient (Wildman–Crippen LogP) is 2.01. The number of nitrogens with zero attached hydrogens (tertiary/aromatic N) is 2. The van der Waals surface area contributed by atoms with Crippen LogP contribution in [0.1, 0.15) is 23.8 Å². The molecule has 25 heavy (non-hydrogen) atoms. The van der Waals surface area contributed by atoms with Gasteiger partial charge in [0.05, 0.1) is 0 Å². The number of rotatable bonds is 9. The van der Waals surface area contributed by atoms with Gasteiger partial charge in [-0.25, -0.2) is 17.9 Å². The van der Waals surface area contributed by atoms with Crippen LogP contribution < -0.4 is 9.62 Å². The summed E-state index contributed by atoms with van der Waals surface area (Å²) in [7, 11) is -1.77. The first-order valence-electron chi connectivity index (χ1n) is 8.04. The normalized spacial score (nSPS) is 11.4. The lowest BCUT2D eigenvalue weighted by molar-refractivity contribution is 0.0685. The summed E-state index contributed by atoms with van der Waals surface area (Å²) in [5, 5.41) is 9.12. The standard InChI is InChI=1S/C17H23N3O4S/c1-3-20-13-15(12-16(20)17(21)22)25(23,24)18-10-7-11-19(2)14-8-5-4-6-9-14/h4-6,8-9,12-13,18H,3,7,10-11H2,1-2H3,(H,21,22). The van der Waals surface area contributed by atoms with Crippen LogP contribution in [-0.4, -0.2) is 44.2 Å². The zero-order valence-electron chi connectivity index (χ0n) is 14.3. The number of anilines is 1. The number of carbonyl (C=O) groups is 1. The third kappa shape index (κ3) is 4.83. The summed E-state index contributed by atoms with van der Waals surface area (Å²) in [4.78, 5) is 13.2. The fourth-order valence-corrected chi connectivity index (χ4v) is 3.60. The number of hydrogen-bond donors (Lipinski definition) is 2. The molecular weight excluding hydrogens is 342 g/mol. The Hall–Kier alpha value is -2.32. The molecule has 0 bridgehead atoms. The first-order chi connectivity index (χ1) is 11.8. The molecule has 2 aromatic rings. The number of hydrogen-bond acceptors (Lipinski definition) is 4. The topological polar surface area (TPSA) is 91.6 Å². The van der Waals surface area contributed by atoms with Crippen LogP contribution in [0.5, 0.6) is 0 Å². The molecule has 0 spiro atoms. The van der Waals surface area contributed by atoms with E-state index in [9.17, 15) is 13.2 Å². The summed E-state index contributed by atoms with van der Waals surface area (Å²) < 4.78 is 28.6. The quantitative estimate of drug-likeness (QED) is 0.663. The second-order valence-corrected chi connectivity index (χ2v) is 7.43. The van der Waals surface area contributed by atoms with Crippen molar-refractivity contribution in [2.45, 2.75) is 24.8 Å². The second kappa shape index (κ2) is 8.17. The maximum Gasteiger partial charge on any atom is 0.352 e. The van der Waals surface area contributed by atoms with Crippen molar-refractivity contribution in [3.8, 4) is 0 Å². The number of aromatic carboxylic acids is 1. The van der Waals surface area contributed by atoms with Gasteiger partial charge in [-0.05, 0) is 31.5 Å². The maximum absolute atomic E-state index is 12.3. The Morgan fingerprint density at radius 2 is 1.96 bits per heavy atom. The van der Waals surface area contributed by atoms with Gasteiger partial charge < -0.3 is 14.6 Å². The fourth-order valence-electron chi connectivity index (χ4n) is 2.49. The number of carboxylic acids is 1. The monoisotopic (exact) mass is 365 g/mol. The highest BCUT2D eigenvalue weighted by Crippen LogP contribution is 2.15. The van der Waals surface area contributed by atoms with E-state index in [-0.39, 0.29) is 17.1 Å². The molecule has 0 saturated heterocycles. The van der Waals surface area contributed by atoms with E-state index in [1.807, 2.05) is 42.3 Å². The van der Waals surface area contributed by atoms with Crippen LogP contribution >= 0.6 is 0 Å². The first-order valence-corrected chi connectivity index (χ1v) is 9.52. The Bertz CT molecular complexity index is 816. The van der Waals surface area contributed by atoms with Crippen molar-refractivity contribution in [3.63, 3.8) is 0 Å². The van der Waals surface area contributed by atoms with Gasteiger partial charge in [-0.15, -0.1) is 0 Å². The lowest BCUT2D eigenvalue weighted by Gasteiger charge is -2.19. The number of carboxylic acid groups (broad SMARTS) is 1. The molecule has 0 radical (unpaired) electrons. The molecule has 0 unspecified atom stereocenters. The van der Waals surface area contributed by atoms with Gasteiger partial charge in [-0.2, -0.15) is 0 Å². The smallest absolute Gasteiger partial charge is 0.352 e. The zero-order chi connectivity index (χ0) is 18.4.